The van der Waals surface area contributed by atoms with Gasteiger partial charge < -0.3 is 15.4 Å². The maximum absolute atomic E-state index is 13.2. The summed E-state index contributed by atoms with van der Waals surface area (Å²) in [6.07, 6.45) is 4.73. The Bertz CT molecular complexity index is 1580. The number of fused-ring (bicyclic) bond motifs is 4. The van der Waals surface area contributed by atoms with E-state index < -0.39 is 57.9 Å². The van der Waals surface area contributed by atoms with Crippen molar-refractivity contribution in [2.45, 2.75) is 77.6 Å². The third-order valence-corrected chi connectivity index (χ3v) is 8.98. The summed E-state index contributed by atoms with van der Waals surface area (Å²) in [5.41, 5.74) is 4.82. The zero-order valence-corrected chi connectivity index (χ0v) is 27.1. The van der Waals surface area contributed by atoms with Crippen molar-refractivity contribution in [3.63, 3.8) is 0 Å². The van der Waals surface area contributed by atoms with Crippen LogP contribution in [0.2, 0.25) is 0 Å². The number of ether oxygens (including phenoxy) is 1. The van der Waals surface area contributed by atoms with E-state index in [2.05, 4.69) is 21.0 Å². The van der Waals surface area contributed by atoms with Crippen molar-refractivity contribution < 1.29 is 32.3 Å². The fourth-order valence-corrected chi connectivity index (χ4v) is 5.95. The number of rotatable bonds is 2. The number of esters is 1. The summed E-state index contributed by atoms with van der Waals surface area (Å²) in [6, 6.07) is 6.53. The lowest BCUT2D eigenvalue weighted by Crippen LogP contribution is -2.61. The first-order chi connectivity index (χ1) is 21.2. The highest BCUT2D eigenvalue weighted by molar-refractivity contribution is 7.88. The third-order valence-electron chi connectivity index (χ3n) is 7.82. The third kappa shape index (κ3) is 8.78. The van der Waals surface area contributed by atoms with Crippen molar-refractivity contribution in [1.82, 2.24) is 30.4 Å². The van der Waals surface area contributed by atoms with Gasteiger partial charge in [-0.1, -0.05) is 32.0 Å². The van der Waals surface area contributed by atoms with Crippen LogP contribution in [0.5, 0.6) is 0 Å². The maximum atomic E-state index is 13.2. The Balaban J connectivity index is 1.64. The van der Waals surface area contributed by atoms with Crippen LogP contribution in [-0.2, 0) is 33.9 Å². The van der Waals surface area contributed by atoms with Crippen molar-refractivity contribution in [1.29, 1.82) is 0 Å². The minimum absolute atomic E-state index is 0.0130. The Morgan fingerprint density at radius 2 is 1.73 bits per heavy atom. The van der Waals surface area contributed by atoms with Crippen molar-refractivity contribution >= 4 is 50.7 Å². The number of nitrogens with zero attached hydrogens (tertiary/aromatic N) is 3. The van der Waals surface area contributed by atoms with Gasteiger partial charge in [0.1, 0.15) is 24.2 Å². The van der Waals surface area contributed by atoms with E-state index in [9.17, 15) is 27.6 Å². The standard InChI is InChI=1S/C31H42N6O7S/c1-19(2)28-29(39)32-20(3)30(40)37-16-6-8-25(35-37)31(41)44-21(4)24-13-12-23-11-10-22(18-26(23)33-24)14-17-36(45(5,42)43)15-7-9-27(38)34-28/h10-14,17-21,25,28,35H,6-9,15-16H2,1-5H3,(H,32,39)(H,34,38)/b17-14+/t20-,21+,25-,28-/m0/s1. The molecule has 45 heavy (non-hydrogen) atoms. The zero-order valence-electron chi connectivity index (χ0n) is 26.3. The number of hydrogen-bond donors (Lipinski definition) is 3. The molecular formula is C31H42N6O7S. The summed E-state index contributed by atoms with van der Waals surface area (Å²) in [5, 5.41) is 7.58. The van der Waals surface area contributed by atoms with Gasteiger partial charge in [-0.2, -0.15) is 0 Å². The van der Waals surface area contributed by atoms with Gasteiger partial charge in [0.15, 0.2) is 0 Å². The average Bonchev–Trinajstić information content (AvgIpc) is 2.99. The molecule has 14 heteroatoms. The molecule has 2 aliphatic rings. The Morgan fingerprint density at radius 1 is 1.00 bits per heavy atom. The number of cyclic esters (lactones) is 1. The molecule has 1 aromatic heterocycles. The molecule has 3 amide bonds. The van der Waals surface area contributed by atoms with Gasteiger partial charge in [0.25, 0.3) is 5.91 Å². The molecule has 4 atom stereocenters. The monoisotopic (exact) mass is 642 g/mol. The molecule has 3 N–H and O–H groups in total. The van der Waals surface area contributed by atoms with Crippen molar-refractivity contribution in [3.8, 4) is 0 Å². The van der Waals surface area contributed by atoms with Crippen LogP contribution in [0.4, 0.5) is 0 Å². The number of hydrazine groups is 1. The number of nitrogens with one attached hydrogen (secondary N) is 3. The summed E-state index contributed by atoms with van der Waals surface area (Å²) in [5.74, 6) is -2.19. The predicted octanol–water partition coefficient (Wildman–Crippen LogP) is 2.01. The second kappa shape index (κ2) is 14.4. The van der Waals surface area contributed by atoms with E-state index in [-0.39, 0.29) is 25.3 Å². The lowest BCUT2D eigenvalue weighted by atomic mass is 10.0. The van der Waals surface area contributed by atoms with Gasteiger partial charge in [0.05, 0.1) is 17.5 Å². The van der Waals surface area contributed by atoms with Crippen LogP contribution in [0.15, 0.2) is 36.5 Å². The van der Waals surface area contributed by atoms with E-state index in [1.54, 1.807) is 45.9 Å². The molecule has 1 saturated heterocycles. The van der Waals surface area contributed by atoms with E-state index in [1.165, 1.54) is 11.2 Å². The van der Waals surface area contributed by atoms with Gasteiger partial charge in [-0.15, -0.1) is 0 Å². The number of benzene rings is 1. The highest BCUT2D eigenvalue weighted by Crippen LogP contribution is 2.23. The van der Waals surface area contributed by atoms with Crippen LogP contribution >= 0.6 is 0 Å². The number of aromatic nitrogens is 1. The largest absolute Gasteiger partial charge is 0.455 e. The molecule has 3 heterocycles. The van der Waals surface area contributed by atoms with Gasteiger partial charge >= 0.3 is 5.97 Å². The van der Waals surface area contributed by atoms with Crippen LogP contribution < -0.4 is 16.1 Å². The fourth-order valence-electron chi connectivity index (χ4n) is 5.21. The predicted molar refractivity (Wildman–Crippen MR) is 168 cm³/mol. The first-order valence-electron chi connectivity index (χ1n) is 15.2. The lowest BCUT2D eigenvalue weighted by molar-refractivity contribution is -0.157. The Morgan fingerprint density at radius 3 is 2.44 bits per heavy atom. The number of hydrogen-bond acceptors (Lipinski definition) is 9. The fraction of sp³-hybridized carbons (Fsp3) is 0.516. The highest BCUT2D eigenvalue weighted by atomic mass is 32.2. The van der Waals surface area contributed by atoms with Gasteiger partial charge in [0, 0.05) is 31.1 Å². The van der Waals surface area contributed by atoms with Gasteiger partial charge in [-0.3, -0.25) is 28.5 Å². The normalized spacial score (nSPS) is 25.6. The molecule has 2 aromatic rings. The molecule has 2 aliphatic heterocycles. The van der Waals surface area contributed by atoms with Crippen LogP contribution in [0, 0.1) is 5.92 Å². The van der Waals surface area contributed by atoms with Crippen LogP contribution in [0.3, 0.4) is 0 Å². The molecule has 0 saturated carbocycles. The molecule has 0 spiro atoms. The molecule has 13 nitrogen and oxygen atoms in total. The van der Waals surface area contributed by atoms with Crippen molar-refractivity contribution in [2.24, 2.45) is 5.92 Å². The molecule has 244 valence electrons. The lowest BCUT2D eigenvalue weighted by Gasteiger charge is -2.35. The summed E-state index contributed by atoms with van der Waals surface area (Å²) >= 11 is 0. The van der Waals surface area contributed by atoms with Gasteiger partial charge in [-0.05, 0) is 62.8 Å². The van der Waals surface area contributed by atoms with Crippen LogP contribution in [0.1, 0.15) is 70.7 Å². The summed E-state index contributed by atoms with van der Waals surface area (Å²) in [4.78, 5) is 57.0. The van der Waals surface area contributed by atoms with Gasteiger partial charge in [0.2, 0.25) is 21.8 Å². The summed E-state index contributed by atoms with van der Waals surface area (Å²) < 4.78 is 31.9. The number of amides is 3. The van der Waals surface area contributed by atoms with Crippen molar-refractivity contribution in [2.75, 3.05) is 19.3 Å². The number of sulfonamides is 1. The molecule has 0 unspecified atom stereocenters. The molecule has 4 rings (SSSR count). The second-order valence-electron chi connectivity index (χ2n) is 11.9. The molecule has 0 aliphatic carbocycles. The number of pyridine rings is 1. The van der Waals surface area contributed by atoms with Gasteiger partial charge in [-0.25, -0.2) is 18.8 Å². The number of carbonyl (C=O) groups is 4. The summed E-state index contributed by atoms with van der Waals surface area (Å²) in [6.45, 7) is 7.20. The SMILES string of the molecule is CC(C)[C@@H]1NC(=O)CCCN(S(C)(=O)=O)/C=C/c2ccc3ccc(nc3c2)[C@@H](C)OC(=O)[C@@H]2CCCN(N2)C(=O)[C@H](C)NC1=O. The quantitative estimate of drug-likeness (QED) is 0.415. The average molecular weight is 643 g/mol. The molecular weight excluding hydrogens is 600 g/mol. The Labute approximate surface area is 263 Å². The van der Waals surface area contributed by atoms with E-state index in [1.807, 2.05) is 18.2 Å². The molecule has 1 aromatic carbocycles. The first-order valence-corrected chi connectivity index (χ1v) is 17.0. The Hall–Kier alpha value is -4.04. The minimum Gasteiger partial charge on any atom is -0.455 e. The molecule has 1 fully saturated rings. The maximum Gasteiger partial charge on any atom is 0.325 e. The van der Waals surface area contributed by atoms with Crippen LogP contribution in [-0.4, -0.2) is 83.9 Å². The molecule has 5 bridgehead atoms. The second-order valence-corrected chi connectivity index (χ2v) is 13.8. The topological polar surface area (TPSA) is 167 Å². The highest BCUT2D eigenvalue weighted by Gasteiger charge is 2.34. The van der Waals surface area contributed by atoms with E-state index in [0.717, 1.165) is 15.9 Å². The Kier molecular flexibility index (Phi) is 10.8. The zero-order chi connectivity index (χ0) is 32.9. The van der Waals surface area contributed by atoms with Crippen molar-refractivity contribution in [3.05, 3.63) is 47.8 Å². The summed E-state index contributed by atoms with van der Waals surface area (Å²) in [7, 11) is -3.63. The van der Waals surface area contributed by atoms with Crippen LogP contribution in [0.25, 0.3) is 17.0 Å². The molecule has 0 radical (unpaired) electrons. The van der Waals surface area contributed by atoms with E-state index in [4.69, 9.17) is 4.74 Å². The van der Waals surface area contributed by atoms with E-state index >= 15 is 0 Å². The van der Waals surface area contributed by atoms with E-state index in [0.29, 0.717) is 36.2 Å². The smallest absolute Gasteiger partial charge is 0.325 e. The number of carbonyl (C=O) groups excluding carboxylic acids is 4. The minimum atomic E-state index is -3.63. The first kappa shape index (κ1) is 33.8.